The Morgan fingerprint density at radius 2 is 1.82 bits per heavy atom. The molecule has 1 saturated heterocycles. The normalized spacial score (nSPS) is 14.7. The lowest BCUT2D eigenvalue weighted by molar-refractivity contribution is 0.0908. The van der Waals surface area contributed by atoms with E-state index in [-0.39, 0.29) is 23.8 Å². The number of hydrogen-bond donors (Lipinski definition) is 1. The highest BCUT2D eigenvalue weighted by Gasteiger charge is 2.16. The molecule has 1 amide bonds. The van der Waals surface area contributed by atoms with Crippen LogP contribution in [0.1, 0.15) is 54.2 Å². The Hall–Kier alpha value is -3.33. The summed E-state index contributed by atoms with van der Waals surface area (Å²) in [5, 5.41) is 11.1. The van der Waals surface area contributed by atoms with Gasteiger partial charge in [-0.1, -0.05) is 47.8 Å². The van der Waals surface area contributed by atoms with Crippen molar-refractivity contribution in [1.29, 1.82) is 0 Å². The van der Waals surface area contributed by atoms with Crippen LogP contribution in [-0.2, 0) is 6.54 Å². The van der Waals surface area contributed by atoms with Gasteiger partial charge >= 0.3 is 11.8 Å². The van der Waals surface area contributed by atoms with Crippen LogP contribution < -0.4 is 10.9 Å². The van der Waals surface area contributed by atoms with Gasteiger partial charge in [0.05, 0.1) is 5.69 Å². The number of rotatable bonds is 8. The summed E-state index contributed by atoms with van der Waals surface area (Å²) in [6.45, 7) is 5.83. The number of likely N-dealkylation sites (tertiary alicyclic amines) is 1. The van der Waals surface area contributed by atoms with E-state index >= 15 is 0 Å². The van der Waals surface area contributed by atoms with E-state index in [0.29, 0.717) is 12.2 Å². The third-order valence-corrected chi connectivity index (χ3v) is 5.80. The third kappa shape index (κ3) is 6.35. The molecule has 3 heterocycles. The van der Waals surface area contributed by atoms with Gasteiger partial charge in [0, 0.05) is 18.2 Å². The van der Waals surface area contributed by atoms with Crippen molar-refractivity contribution in [3.05, 3.63) is 64.0 Å². The Morgan fingerprint density at radius 3 is 2.58 bits per heavy atom. The average Bonchev–Trinajstić information content (AvgIpc) is 3.13. The molecule has 0 unspecified atom stereocenters. The predicted molar refractivity (Wildman–Crippen MR) is 124 cm³/mol. The van der Waals surface area contributed by atoms with E-state index in [0.717, 1.165) is 37.2 Å². The quantitative estimate of drug-likeness (QED) is 0.526. The summed E-state index contributed by atoms with van der Waals surface area (Å²) in [5.74, 6) is -0.291. The van der Waals surface area contributed by atoms with Gasteiger partial charge in [0.15, 0.2) is 5.82 Å². The van der Waals surface area contributed by atoms with Gasteiger partial charge in [-0.25, -0.2) is 4.68 Å². The average molecular weight is 451 g/mol. The molecule has 33 heavy (non-hydrogen) atoms. The molecule has 1 aliphatic rings. The molecule has 1 aromatic carbocycles. The summed E-state index contributed by atoms with van der Waals surface area (Å²) in [6.07, 6.45) is 6.00. The molecule has 9 nitrogen and oxygen atoms in total. The lowest BCUT2D eigenvalue weighted by Crippen LogP contribution is -2.30. The van der Waals surface area contributed by atoms with Crippen molar-refractivity contribution in [3.8, 4) is 11.3 Å². The zero-order valence-corrected chi connectivity index (χ0v) is 19.0. The first-order valence-corrected chi connectivity index (χ1v) is 11.6. The van der Waals surface area contributed by atoms with Crippen LogP contribution >= 0.6 is 0 Å². The molecule has 9 heteroatoms. The van der Waals surface area contributed by atoms with Gasteiger partial charge in [-0.3, -0.25) is 9.59 Å². The Labute approximate surface area is 192 Å². The highest BCUT2D eigenvalue weighted by atomic mass is 16.5. The van der Waals surface area contributed by atoms with E-state index < -0.39 is 5.91 Å². The zero-order valence-electron chi connectivity index (χ0n) is 19.0. The zero-order chi connectivity index (χ0) is 23.0. The summed E-state index contributed by atoms with van der Waals surface area (Å²) in [5.41, 5.74) is 2.44. The lowest BCUT2D eigenvalue weighted by Gasteiger charge is -2.19. The van der Waals surface area contributed by atoms with Gasteiger partial charge in [0.1, 0.15) is 6.54 Å². The number of benzene rings is 1. The summed E-state index contributed by atoms with van der Waals surface area (Å²) >= 11 is 0. The highest BCUT2D eigenvalue weighted by Crippen LogP contribution is 2.16. The fraction of sp³-hybridized carbons (Fsp3) is 0.458. The van der Waals surface area contributed by atoms with Crippen molar-refractivity contribution < 1.29 is 9.32 Å². The smallest absolute Gasteiger partial charge is 0.316 e. The largest absolute Gasteiger partial charge is 0.348 e. The highest BCUT2D eigenvalue weighted by molar-refractivity contribution is 5.89. The number of hydrogen-bond acceptors (Lipinski definition) is 7. The first-order chi connectivity index (χ1) is 16.1. The van der Waals surface area contributed by atoms with Crippen molar-refractivity contribution in [2.45, 2.75) is 45.6 Å². The van der Waals surface area contributed by atoms with Crippen LogP contribution in [0.5, 0.6) is 0 Å². The third-order valence-electron chi connectivity index (χ3n) is 5.80. The van der Waals surface area contributed by atoms with E-state index in [9.17, 15) is 9.59 Å². The summed E-state index contributed by atoms with van der Waals surface area (Å²) < 4.78 is 6.37. The Morgan fingerprint density at radius 1 is 1.06 bits per heavy atom. The van der Waals surface area contributed by atoms with Crippen molar-refractivity contribution >= 4 is 5.91 Å². The Bertz CT molecular complexity index is 1110. The maximum Gasteiger partial charge on any atom is 0.316 e. The van der Waals surface area contributed by atoms with Crippen LogP contribution in [0.2, 0.25) is 0 Å². The van der Waals surface area contributed by atoms with Crippen LogP contribution in [0.4, 0.5) is 0 Å². The van der Waals surface area contributed by atoms with Gasteiger partial charge < -0.3 is 14.7 Å². The van der Waals surface area contributed by atoms with E-state index in [2.05, 4.69) is 25.5 Å². The second kappa shape index (κ2) is 11.0. The van der Waals surface area contributed by atoms with Crippen LogP contribution in [0.15, 0.2) is 45.7 Å². The Kier molecular flexibility index (Phi) is 7.62. The van der Waals surface area contributed by atoms with Gasteiger partial charge in [0.25, 0.3) is 5.56 Å². The number of carbonyl (C=O) groups is 1. The van der Waals surface area contributed by atoms with E-state index in [4.69, 9.17) is 4.52 Å². The maximum absolute atomic E-state index is 12.3. The molecular weight excluding hydrogens is 420 g/mol. The van der Waals surface area contributed by atoms with Crippen LogP contribution in [-0.4, -0.2) is 56.9 Å². The van der Waals surface area contributed by atoms with Crippen molar-refractivity contribution in [2.75, 3.05) is 26.2 Å². The fourth-order valence-corrected chi connectivity index (χ4v) is 3.92. The van der Waals surface area contributed by atoms with E-state index in [1.54, 1.807) is 6.07 Å². The van der Waals surface area contributed by atoms with Crippen LogP contribution in [0, 0.1) is 6.92 Å². The standard InChI is InChI=1S/C24H30N6O3/c1-18-7-9-19(10-8-18)20-11-12-22(31)30(27-20)17-21-26-24(33-28-21)23(32)25-13-6-16-29-14-4-2-3-5-15-29/h7-12H,2-6,13-17H2,1H3,(H,25,32). The van der Waals surface area contributed by atoms with Crippen molar-refractivity contribution in [3.63, 3.8) is 0 Å². The van der Waals surface area contributed by atoms with Gasteiger partial charge in [-0.15, -0.1) is 0 Å². The monoisotopic (exact) mass is 450 g/mol. The number of nitrogens with one attached hydrogen (secondary N) is 1. The molecule has 1 fully saturated rings. The molecule has 4 rings (SSSR count). The number of amides is 1. The first-order valence-electron chi connectivity index (χ1n) is 11.6. The Balaban J connectivity index is 1.31. The van der Waals surface area contributed by atoms with Crippen LogP contribution in [0.25, 0.3) is 11.3 Å². The molecule has 0 atom stereocenters. The number of carbonyl (C=O) groups excluding carboxylic acids is 1. The summed E-state index contributed by atoms with van der Waals surface area (Å²) in [6, 6.07) is 11.0. The lowest BCUT2D eigenvalue weighted by atomic mass is 10.1. The molecule has 2 aromatic heterocycles. The molecule has 0 bridgehead atoms. The summed E-state index contributed by atoms with van der Waals surface area (Å²) in [4.78, 5) is 31.2. The molecule has 1 N–H and O–H groups in total. The number of aryl methyl sites for hydroxylation is 1. The van der Waals surface area contributed by atoms with Crippen molar-refractivity contribution in [1.82, 2.24) is 30.1 Å². The van der Waals surface area contributed by atoms with Gasteiger partial charge in [0.2, 0.25) is 0 Å². The second-order valence-electron chi connectivity index (χ2n) is 8.46. The molecule has 3 aromatic rings. The first kappa shape index (κ1) is 22.8. The molecule has 0 saturated carbocycles. The minimum absolute atomic E-state index is 0.0181. The van der Waals surface area contributed by atoms with E-state index in [1.807, 2.05) is 31.2 Å². The van der Waals surface area contributed by atoms with Crippen LogP contribution in [0.3, 0.4) is 0 Å². The molecule has 174 valence electrons. The minimum Gasteiger partial charge on any atom is -0.348 e. The molecule has 0 spiro atoms. The fourth-order valence-electron chi connectivity index (χ4n) is 3.92. The second-order valence-corrected chi connectivity index (χ2v) is 8.46. The molecule has 0 radical (unpaired) electrons. The predicted octanol–water partition coefficient (Wildman–Crippen LogP) is 2.65. The number of aromatic nitrogens is 4. The topological polar surface area (TPSA) is 106 Å². The molecule has 0 aliphatic carbocycles. The SMILES string of the molecule is Cc1ccc(-c2ccc(=O)n(Cc3noc(C(=O)NCCCN4CCCCCC4)n3)n2)cc1. The number of nitrogens with zero attached hydrogens (tertiary/aromatic N) is 5. The van der Waals surface area contributed by atoms with Gasteiger partial charge in [-0.05, 0) is 51.9 Å². The molecule has 1 aliphatic heterocycles. The summed E-state index contributed by atoms with van der Waals surface area (Å²) in [7, 11) is 0. The van der Waals surface area contributed by atoms with Crippen molar-refractivity contribution in [2.24, 2.45) is 0 Å². The maximum atomic E-state index is 12.3. The van der Waals surface area contributed by atoms with E-state index in [1.165, 1.54) is 36.4 Å². The molecular formula is C24H30N6O3. The minimum atomic E-state index is -0.404. The van der Waals surface area contributed by atoms with Gasteiger partial charge in [-0.2, -0.15) is 10.1 Å².